The molecule has 4 aliphatic heterocycles. The predicted octanol–water partition coefficient (Wildman–Crippen LogP) is 0.562. The molecule has 0 aromatic carbocycles. The zero-order valence-electron chi connectivity index (χ0n) is 18.3. The molecule has 0 unspecified atom stereocenters. The lowest BCUT2D eigenvalue weighted by atomic mass is 9.73. The predicted molar refractivity (Wildman–Crippen MR) is 122 cm³/mol. The zero-order valence-corrected chi connectivity index (χ0v) is 20.0. The number of ketones is 1. The SMILES string of the molecule is C[C@@H](CC(=O)Cn1cnnn1)[C@H]1C(=O)N2C(C(=O)O)=C(SC3CN(C4=NCCS4)C3)[C@H](C)[C@@H]12. The summed E-state index contributed by atoms with van der Waals surface area (Å²) in [4.78, 5) is 46.6. The van der Waals surface area contributed by atoms with Gasteiger partial charge in [0.25, 0.3) is 0 Å². The number of aliphatic carboxylic acids is 1. The lowest BCUT2D eigenvalue weighted by molar-refractivity contribution is -0.160. The summed E-state index contributed by atoms with van der Waals surface area (Å²) in [7, 11) is 0. The van der Waals surface area contributed by atoms with Gasteiger partial charge < -0.3 is 14.9 Å². The standard InChI is InChI=1S/C20H25N7O4S2/c1-10(5-12(28)6-26-9-22-23-24-26)14-15-11(2)17(16(19(30)31)27(15)18(14)29)33-13-7-25(8-13)20-21-3-4-32-20/h9-11,13-15H,3-8H2,1-2H3,(H,30,31)/t10-,11+,14+,15-/m0/s1. The third kappa shape index (κ3) is 3.94. The smallest absolute Gasteiger partial charge is 0.353 e. The number of rotatable bonds is 8. The Balaban J connectivity index is 1.24. The van der Waals surface area contributed by atoms with Crippen molar-refractivity contribution in [3.63, 3.8) is 0 Å². The quantitative estimate of drug-likeness (QED) is 0.514. The lowest BCUT2D eigenvalue weighted by Crippen LogP contribution is -2.62. The fourth-order valence-corrected chi connectivity index (χ4v) is 7.51. The van der Waals surface area contributed by atoms with Gasteiger partial charge in [0.1, 0.15) is 18.6 Å². The molecule has 5 heterocycles. The fourth-order valence-electron chi connectivity index (χ4n) is 5.11. The van der Waals surface area contributed by atoms with Crippen molar-refractivity contribution in [2.75, 3.05) is 25.4 Å². The number of amides is 1. The Hall–Kier alpha value is -2.41. The number of carboxylic acids is 1. The maximum atomic E-state index is 13.0. The molecule has 0 bridgehead atoms. The van der Waals surface area contributed by atoms with Crippen LogP contribution in [0.15, 0.2) is 21.9 Å². The highest BCUT2D eigenvalue weighted by atomic mass is 32.2. The summed E-state index contributed by atoms with van der Waals surface area (Å²) in [6.07, 6.45) is 1.60. The summed E-state index contributed by atoms with van der Waals surface area (Å²) >= 11 is 3.35. The number of Topliss-reactive ketones (excluding diaryl/α,β-unsaturated/α-hetero) is 1. The number of carboxylic acid groups (broad SMARTS) is 1. The van der Waals surface area contributed by atoms with Crippen LogP contribution >= 0.6 is 23.5 Å². The van der Waals surface area contributed by atoms with Crippen LogP contribution in [0.2, 0.25) is 0 Å². The first kappa shape index (κ1) is 22.4. The second-order valence-corrected chi connectivity index (χ2v) is 11.3. The third-order valence-corrected chi connectivity index (χ3v) is 9.15. The summed E-state index contributed by atoms with van der Waals surface area (Å²) in [5, 5.41) is 22.0. The number of fused-ring (bicyclic) bond motifs is 1. The molecule has 4 aliphatic rings. The van der Waals surface area contributed by atoms with Crippen molar-refractivity contribution in [2.24, 2.45) is 22.7 Å². The van der Waals surface area contributed by atoms with Crippen molar-refractivity contribution in [3.8, 4) is 0 Å². The Kier molecular flexibility index (Phi) is 5.93. The molecule has 11 nitrogen and oxygen atoms in total. The minimum Gasteiger partial charge on any atom is -0.477 e. The van der Waals surface area contributed by atoms with E-state index in [1.54, 1.807) is 23.5 Å². The van der Waals surface area contributed by atoms with Crippen LogP contribution in [0.25, 0.3) is 0 Å². The number of amidine groups is 1. The number of tetrazole rings is 1. The highest BCUT2D eigenvalue weighted by Crippen LogP contribution is 2.53. The number of hydrogen-bond donors (Lipinski definition) is 1. The van der Waals surface area contributed by atoms with E-state index < -0.39 is 5.97 Å². The van der Waals surface area contributed by atoms with Crippen molar-refractivity contribution in [2.45, 2.75) is 38.1 Å². The summed E-state index contributed by atoms with van der Waals surface area (Å²) in [5.74, 6) is -0.940. The van der Waals surface area contributed by atoms with Gasteiger partial charge in [0.05, 0.1) is 18.5 Å². The van der Waals surface area contributed by atoms with E-state index in [1.165, 1.54) is 15.9 Å². The van der Waals surface area contributed by atoms with Crippen LogP contribution in [0.3, 0.4) is 0 Å². The molecule has 5 rings (SSSR count). The lowest BCUT2D eigenvalue weighted by Gasteiger charge is -2.47. The molecule has 0 spiro atoms. The number of carbonyl (C=O) groups is 3. The Bertz CT molecular complexity index is 1040. The van der Waals surface area contributed by atoms with E-state index in [2.05, 4.69) is 25.4 Å². The molecule has 1 N–H and O–H groups in total. The molecular weight excluding hydrogens is 466 g/mol. The molecule has 2 saturated heterocycles. The van der Waals surface area contributed by atoms with Crippen molar-refractivity contribution in [1.82, 2.24) is 30.0 Å². The Morgan fingerprint density at radius 2 is 2.15 bits per heavy atom. The van der Waals surface area contributed by atoms with E-state index in [1.807, 2.05) is 13.8 Å². The van der Waals surface area contributed by atoms with Gasteiger partial charge in [-0.15, -0.1) is 16.9 Å². The first-order valence-corrected chi connectivity index (χ1v) is 12.8. The first-order valence-electron chi connectivity index (χ1n) is 11.0. The second kappa shape index (κ2) is 8.75. The summed E-state index contributed by atoms with van der Waals surface area (Å²) in [6, 6.07) is -0.215. The summed E-state index contributed by atoms with van der Waals surface area (Å²) < 4.78 is 1.36. The van der Waals surface area contributed by atoms with Gasteiger partial charge in [-0.25, -0.2) is 9.48 Å². The molecule has 1 aromatic rings. The van der Waals surface area contributed by atoms with Gasteiger partial charge in [-0.2, -0.15) is 0 Å². The highest BCUT2D eigenvalue weighted by Gasteiger charge is 2.60. The Morgan fingerprint density at radius 3 is 2.79 bits per heavy atom. The minimum atomic E-state index is -1.06. The maximum absolute atomic E-state index is 13.0. The van der Waals surface area contributed by atoms with Gasteiger partial charge in [-0.3, -0.25) is 14.6 Å². The zero-order chi connectivity index (χ0) is 23.3. The molecule has 0 aliphatic carbocycles. The summed E-state index contributed by atoms with van der Waals surface area (Å²) in [5.41, 5.74) is 0.122. The van der Waals surface area contributed by atoms with Gasteiger partial charge in [-0.05, 0) is 16.3 Å². The normalized spacial score (nSPS) is 27.9. The molecule has 2 fully saturated rings. The number of aromatic nitrogens is 4. The largest absolute Gasteiger partial charge is 0.477 e. The van der Waals surface area contributed by atoms with Gasteiger partial charge in [0.15, 0.2) is 11.0 Å². The Morgan fingerprint density at radius 1 is 1.36 bits per heavy atom. The van der Waals surface area contributed by atoms with E-state index in [0.29, 0.717) is 0 Å². The van der Waals surface area contributed by atoms with E-state index in [-0.39, 0.29) is 59.4 Å². The average Bonchev–Trinajstić information content (AvgIpc) is 3.46. The number of likely N-dealkylation sites (tertiary alicyclic amines) is 1. The van der Waals surface area contributed by atoms with E-state index in [0.717, 1.165) is 35.5 Å². The molecule has 1 aromatic heterocycles. The molecular formula is C20H25N7O4S2. The Labute approximate surface area is 199 Å². The molecule has 176 valence electrons. The fraction of sp³-hybridized carbons (Fsp3) is 0.650. The topological polar surface area (TPSA) is 134 Å². The number of β-lactam (4-membered cyclic amide) rings is 1. The summed E-state index contributed by atoms with van der Waals surface area (Å²) in [6.45, 7) is 6.48. The van der Waals surface area contributed by atoms with Crippen molar-refractivity contribution in [1.29, 1.82) is 0 Å². The molecule has 0 radical (unpaired) electrons. The number of thioether (sulfide) groups is 2. The van der Waals surface area contributed by atoms with Crippen LogP contribution in [-0.4, -0.2) is 94.6 Å². The number of carbonyl (C=O) groups excluding carboxylic acids is 2. The number of aliphatic imine (C=N–C) groups is 1. The van der Waals surface area contributed by atoms with Gasteiger partial charge in [0.2, 0.25) is 5.91 Å². The molecule has 13 heteroatoms. The van der Waals surface area contributed by atoms with Crippen molar-refractivity contribution in [3.05, 3.63) is 16.9 Å². The van der Waals surface area contributed by atoms with E-state index >= 15 is 0 Å². The second-order valence-electron chi connectivity index (χ2n) is 8.92. The minimum absolute atomic E-state index is 0.0592. The van der Waals surface area contributed by atoms with Crippen LogP contribution in [0.5, 0.6) is 0 Å². The molecule has 4 atom stereocenters. The van der Waals surface area contributed by atoms with Crippen LogP contribution in [0, 0.1) is 17.8 Å². The molecule has 33 heavy (non-hydrogen) atoms. The monoisotopic (exact) mass is 491 g/mol. The first-order chi connectivity index (χ1) is 15.8. The van der Waals surface area contributed by atoms with Crippen LogP contribution in [0.1, 0.15) is 20.3 Å². The maximum Gasteiger partial charge on any atom is 0.353 e. The van der Waals surface area contributed by atoms with Crippen LogP contribution in [-0.2, 0) is 20.9 Å². The van der Waals surface area contributed by atoms with Crippen LogP contribution in [0.4, 0.5) is 0 Å². The molecule has 0 saturated carbocycles. The van der Waals surface area contributed by atoms with Gasteiger partial charge >= 0.3 is 5.97 Å². The number of nitrogens with zero attached hydrogens (tertiary/aromatic N) is 7. The van der Waals surface area contributed by atoms with E-state index in [4.69, 9.17) is 0 Å². The molecule has 1 amide bonds. The number of hydrogen-bond acceptors (Lipinski definition) is 10. The third-order valence-electron chi connectivity index (χ3n) is 6.67. The average molecular weight is 492 g/mol. The van der Waals surface area contributed by atoms with Gasteiger partial charge in [0, 0.05) is 41.3 Å². The van der Waals surface area contributed by atoms with Gasteiger partial charge in [-0.1, -0.05) is 25.6 Å². The van der Waals surface area contributed by atoms with Crippen molar-refractivity contribution < 1.29 is 19.5 Å². The highest BCUT2D eigenvalue weighted by molar-refractivity contribution is 8.14. The van der Waals surface area contributed by atoms with Crippen LogP contribution < -0.4 is 0 Å². The van der Waals surface area contributed by atoms with E-state index in [9.17, 15) is 19.5 Å². The van der Waals surface area contributed by atoms with Crippen molar-refractivity contribution >= 4 is 46.4 Å².